The maximum atomic E-state index is 11.5. The summed E-state index contributed by atoms with van der Waals surface area (Å²) in [5, 5.41) is 15.3. The van der Waals surface area contributed by atoms with E-state index in [0.717, 1.165) is 0 Å². The predicted molar refractivity (Wildman–Crippen MR) is 51.8 cm³/mol. The van der Waals surface area contributed by atoms with Crippen molar-refractivity contribution in [3.8, 4) is 6.07 Å². The maximum Gasteiger partial charge on any atom is 0.184 e. The third-order valence-corrected chi connectivity index (χ3v) is 3.23. The van der Waals surface area contributed by atoms with Gasteiger partial charge in [0, 0.05) is 0 Å². The van der Waals surface area contributed by atoms with Gasteiger partial charge >= 0.3 is 0 Å². The van der Waals surface area contributed by atoms with Gasteiger partial charge in [0.2, 0.25) is 0 Å². The first-order valence-electron chi connectivity index (χ1n) is 3.81. The molecule has 0 aliphatic carbocycles. The molecular weight excluding hydrogens is 200 g/mol. The lowest BCUT2D eigenvalue weighted by Crippen LogP contribution is -2.13. The van der Waals surface area contributed by atoms with Crippen molar-refractivity contribution in [2.75, 3.05) is 5.75 Å². The molecule has 0 bridgehead atoms. The molecule has 0 aliphatic rings. The third kappa shape index (κ3) is 2.41. The molecule has 1 N–H and O–H groups in total. The van der Waals surface area contributed by atoms with E-state index >= 15 is 0 Å². The molecule has 0 aromatic heterocycles. The number of nitrogens with one attached hydrogen (secondary N) is 1. The van der Waals surface area contributed by atoms with Crippen LogP contribution in [0, 0.1) is 16.7 Å². The van der Waals surface area contributed by atoms with Crippen LogP contribution >= 0.6 is 0 Å². The highest BCUT2D eigenvalue weighted by atomic mass is 32.2. The van der Waals surface area contributed by atoms with Gasteiger partial charge in [-0.25, -0.2) is 8.42 Å². The van der Waals surface area contributed by atoms with E-state index in [1.54, 1.807) is 18.2 Å². The summed E-state index contributed by atoms with van der Waals surface area (Å²) in [6, 6.07) is 9.29. The molecule has 0 atom stereocenters. The highest BCUT2D eigenvalue weighted by Gasteiger charge is 2.15. The SMILES string of the molecule is N#CC(=N)CS(=O)(=O)c1ccccc1. The lowest BCUT2D eigenvalue weighted by atomic mass is 10.4. The molecule has 0 unspecified atom stereocenters. The van der Waals surface area contributed by atoms with Crippen LogP contribution in [0.4, 0.5) is 0 Å². The summed E-state index contributed by atoms with van der Waals surface area (Å²) in [6.45, 7) is 0. The Bertz CT molecular complexity index is 471. The van der Waals surface area contributed by atoms with Crippen LogP contribution in [0.2, 0.25) is 0 Å². The van der Waals surface area contributed by atoms with Crippen LogP contribution in [0.25, 0.3) is 0 Å². The van der Waals surface area contributed by atoms with E-state index in [9.17, 15) is 8.42 Å². The van der Waals surface area contributed by atoms with Gasteiger partial charge in [0.05, 0.1) is 4.90 Å². The lowest BCUT2D eigenvalue weighted by molar-refractivity contribution is 0.600. The summed E-state index contributed by atoms with van der Waals surface area (Å²) in [5.41, 5.74) is -0.450. The van der Waals surface area contributed by atoms with E-state index in [0.29, 0.717) is 0 Å². The molecule has 0 heterocycles. The molecule has 0 aliphatic heterocycles. The second-order valence-corrected chi connectivity index (χ2v) is 4.65. The van der Waals surface area contributed by atoms with E-state index in [1.807, 2.05) is 0 Å². The molecule has 0 saturated heterocycles. The fourth-order valence-corrected chi connectivity index (χ4v) is 2.12. The minimum Gasteiger partial charge on any atom is -0.293 e. The Balaban J connectivity index is 3.00. The quantitative estimate of drug-likeness (QED) is 0.752. The first-order chi connectivity index (χ1) is 6.56. The molecule has 0 radical (unpaired) electrons. The van der Waals surface area contributed by atoms with Crippen LogP contribution in [0.3, 0.4) is 0 Å². The van der Waals surface area contributed by atoms with Gasteiger partial charge in [0.15, 0.2) is 9.84 Å². The summed E-state index contributed by atoms with van der Waals surface area (Å²) < 4.78 is 23.0. The van der Waals surface area contributed by atoms with Gasteiger partial charge in [-0.2, -0.15) is 5.26 Å². The number of benzene rings is 1. The van der Waals surface area contributed by atoms with Crippen molar-refractivity contribution in [2.24, 2.45) is 0 Å². The molecule has 0 spiro atoms. The van der Waals surface area contributed by atoms with E-state index < -0.39 is 21.3 Å². The zero-order valence-corrected chi connectivity index (χ0v) is 8.08. The summed E-state index contributed by atoms with van der Waals surface area (Å²) in [7, 11) is -3.52. The molecule has 4 nitrogen and oxygen atoms in total. The van der Waals surface area contributed by atoms with Gasteiger partial charge in [-0.15, -0.1) is 0 Å². The molecule has 1 aromatic carbocycles. The maximum absolute atomic E-state index is 11.5. The van der Waals surface area contributed by atoms with Gasteiger partial charge in [0.25, 0.3) is 0 Å². The second-order valence-electron chi connectivity index (χ2n) is 2.66. The third-order valence-electron chi connectivity index (χ3n) is 1.57. The number of nitriles is 1. The number of rotatable bonds is 3. The average molecular weight is 208 g/mol. The smallest absolute Gasteiger partial charge is 0.184 e. The highest BCUT2D eigenvalue weighted by molar-refractivity contribution is 7.92. The Hall–Kier alpha value is -1.67. The minimum absolute atomic E-state index is 0.139. The molecule has 1 aromatic rings. The van der Waals surface area contributed by atoms with Crippen LogP contribution in [0.15, 0.2) is 35.2 Å². The van der Waals surface area contributed by atoms with Crippen LogP contribution < -0.4 is 0 Å². The molecular formula is C9H8N2O2S. The van der Waals surface area contributed by atoms with Crippen molar-refractivity contribution in [3.63, 3.8) is 0 Å². The highest BCUT2D eigenvalue weighted by Crippen LogP contribution is 2.09. The summed E-state index contributed by atoms with van der Waals surface area (Å²) in [5.74, 6) is -0.534. The Morgan fingerprint density at radius 1 is 1.36 bits per heavy atom. The predicted octanol–water partition coefficient (Wildman–Crippen LogP) is 1.00. The van der Waals surface area contributed by atoms with Crippen LogP contribution in [-0.2, 0) is 9.84 Å². The van der Waals surface area contributed by atoms with Crippen LogP contribution in [0.5, 0.6) is 0 Å². The normalized spacial score (nSPS) is 10.5. The van der Waals surface area contributed by atoms with Gasteiger partial charge in [0.1, 0.15) is 17.5 Å². The molecule has 72 valence electrons. The van der Waals surface area contributed by atoms with Gasteiger partial charge in [-0.1, -0.05) is 18.2 Å². The Morgan fingerprint density at radius 2 is 1.93 bits per heavy atom. The van der Waals surface area contributed by atoms with Crippen molar-refractivity contribution in [1.29, 1.82) is 10.7 Å². The first kappa shape index (κ1) is 10.4. The Kier molecular flexibility index (Phi) is 2.99. The van der Waals surface area contributed by atoms with Gasteiger partial charge < -0.3 is 0 Å². The molecule has 0 fully saturated rings. The zero-order valence-electron chi connectivity index (χ0n) is 7.27. The largest absolute Gasteiger partial charge is 0.293 e. The van der Waals surface area contributed by atoms with E-state index in [-0.39, 0.29) is 4.90 Å². The lowest BCUT2D eigenvalue weighted by Gasteiger charge is -2.00. The topological polar surface area (TPSA) is 81.8 Å². The summed E-state index contributed by atoms with van der Waals surface area (Å²) in [6.07, 6.45) is 0. The number of hydrogen-bond acceptors (Lipinski definition) is 4. The average Bonchev–Trinajstić information content (AvgIpc) is 2.18. The number of sulfone groups is 1. The second kappa shape index (κ2) is 4.03. The minimum atomic E-state index is -3.52. The van der Waals surface area contributed by atoms with Crippen molar-refractivity contribution < 1.29 is 8.42 Å². The van der Waals surface area contributed by atoms with Crippen molar-refractivity contribution in [2.45, 2.75) is 4.90 Å². The fraction of sp³-hybridized carbons (Fsp3) is 0.111. The van der Waals surface area contributed by atoms with E-state index in [2.05, 4.69) is 0 Å². The molecule has 0 saturated carbocycles. The fourth-order valence-electron chi connectivity index (χ4n) is 0.933. The van der Waals surface area contributed by atoms with E-state index in [1.165, 1.54) is 18.2 Å². The van der Waals surface area contributed by atoms with Crippen LogP contribution in [-0.4, -0.2) is 19.9 Å². The van der Waals surface area contributed by atoms with Crippen molar-refractivity contribution in [3.05, 3.63) is 30.3 Å². The van der Waals surface area contributed by atoms with Crippen molar-refractivity contribution >= 4 is 15.5 Å². The van der Waals surface area contributed by atoms with E-state index in [4.69, 9.17) is 10.7 Å². The van der Waals surface area contributed by atoms with Gasteiger partial charge in [-0.05, 0) is 12.1 Å². The van der Waals surface area contributed by atoms with Crippen LogP contribution in [0.1, 0.15) is 0 Å². The standard InChI is InChI=1S/C9H8N2O2S/c10-6-8(11)7-14(12,13)9-4-2-1-3-5-9/h1-5,11H,7H2. The monoisotopic (exact) mass is 208 g/mol. The van der Waals surface area contributed by atoms with Gasteiger partial charge in [-0.3, -0.25) is 5.41 Å². The zero-order chi connectivity index (χ0) is 10.6. The molecule has 5 heteroatoms. The van der Waals surface area contributed by atoms with Crippen molar-refractivity contribution in [1.82, 2.24) is 0 Å². The molecule has 0 amide bonds. The Morgan fingerprint density at radius 3 is 2.43 bits per heavy atom. The Labute approximate surface area is 82.2 Å². The summed E-state index contributed by atoms with van der Waals surface area (Å²) >= 11 is 0. The molecule has 14 heavy (non-hydrogen) atoms. The first-order valence-corrected chi connectivity index (χ1v) is 5.47. The number of hydrogen-bond donors (Lipinski definition) is 1. The summed E-state index contributed by atoms with van der Waals surface area (Å²) in [4.78, 5) is 0.139. The molecule has 1 rings (SSSR count). The number of nitrogens with zero attached hydrogens (tertiary/aromatic N) is 1.